The molecule has 2 aromatic rings. The second kappa shape index (κ2) is 5.72. The highest BCUT2D eigenvalue weighted by Crippen LogP contribution is 2.24. The lowest BCUT2D eigenvalue weighted by atomic mass is 9.86. The third kappa shape index (κ3) is 3.51. The summed E-state index contributed by atoms with van der Waals surface area (Å²) in [5.74, 6) is -0.835. The second-order valence-corrected chi connectivity index (χ2v) is 6.36. The fourth-order valence-corrected chi connectivity index (χ4v) is 2.33. The summed E-state index contributed by atoms with van der Waals surface area (Å²) in [5.41, 5.74) is 1.18. The highest BCUT2D eigenvalue weighted by molar-refractivity contribution is 5.82. The van der Waals surface area contributed by atoms with E-state index in [2.05, 4.69) is 26.8 Å². The molecule has 0 unspecified atom stereocenters. The van der Waals surface area contributed by atoms with Gasteiger partial charge in [0.05, 0.1) is 0 Å². The number of fused-ring (bicyclic) bond motifs is 1. The van der Waals surface area contributed by atoms with Crippen LogP contribution in [0.3, 0.4) is 0 Å². The summed E-state index contributed by atoms with van der Waals surface area (Å²) < 4.78 is 1.59. The van der Waals surface area contributed by atoms with Crippen LogP contribution in [0.5, 0.6) is 0 Å². The summed E-state index contributed by atoms with van der Waals surface area (Å²) in [4.78, 5) is 22.9. The topological polar surface area (TPSA) is 59.3 Å². The SMILES string of the molecule is CC(C)(C)c1ccc2c(=O)n(CCCC(=O)O)ccc2c1. The maximum atomic E-state index is 12.4. The Morgan fingerprint density at radius 2 is 1.95 bits per heavy atom. The molecule has 1 heterocycles. The molecule has 0 amide bonds. The zero-order valence-corrected chi connectivity index (χ0v) is 12.7. The van der Waals surface area contributed by atoms with Crippen molar-refractivity contribution in [2.75, 3.05) is 0 Å². The molecule has 0 aliphatic heterocycles. The van der Waals surface area contributed by atoms with E-state index in [9.17, 15) is 9.59 Å². The average Bonchev–Trinajstić information content (AvgIpc) is 2.39. The third-order valence-electron chi connectivity index (χ3n) is 3.63. The predicted molar refractivity (Wildman–Crippen MR) is 83.8 cm³/mol. The van der Waals surface area contributed by atoms with Crippen molar-refractivity contribution in [1.29, 1.82) is 0 Å². The molecule has 0 fully saturated rings. The zero-order valence-electron chi connectivity index (χ0n) is 12.7. The van der Waals surface area contributed by atoms with Gasteiger partial charge in [-0.2, -0.15) is 0 Å². The Kier molecular flexibility index (Phi) is 4.16. The average molecular weight is 287 g/mol. The molecule has 0 aliphatic carbocycles. The largest absolute Gasteiger partial charge is 0.481 e. The zero-order chi connectivity index (χ0) is 15.6. The number of aliphatic carboxylic acids is 1. The van der Waals surface area contributed by atoms with E-state index in [1.807, 2.05) is 18.2 Å². The van der Waals surface area contributed by atoms with Crippen molar-refractivity contribution >= 4 is 16.7 Å². The number of rotatable bonds is 4. The van der Waals surface area contributed by atoms with Crippen LogP contribution >= 0.6 is 0 Å². The first-order valence-corrected chi connectivity index (χ1v) is 7.14. The molecule has 0 saturated heterocycles. The van der Waals surface area contributed by atoms with Crippen LogP contribution in [0.1, 0.15) is 39.2 Å². The van der Waals surface area contributed by atoms with Gasteiger partial charge < -0.3 is 9.67 Å². The minimum atomic E-state index is -0.835. The Bertz CT molecular complexity index is 723. The molecule has 2 rings (SSSR count). The maximum absolute atomic E-state index is 12.4. The molecule has 1 N–H and O–H groups in total. The Morgan fingerprint density at radius 3 is 2.57 bits per heavy atom. The van der Waals surface area contributed by atoms with E-state index in [1.165, 1.54) is 5.56 Å². The number of carboxylic acid groups (broad SMARTS) is 1. The van der Waals surface area contributed by atoms with Gasteiger partial charge in [0.15, 0.2) is 0 Å². The van der Waals surface area contributed by atoms with Gasteiger partial charge in [-0.25, -0.2) is 0 Å². The van der Waals surface area contributed by atoms with Crippen LogP contribution in [-0.2, 0) is 16.8 Å². The highest BCUT2D eigenvalue weighted by atomic mass is 16.4. The van der Waals surface area contributed by atoms with Gasteiger partial charge >= 0.3 is 5.97 Å². The van der Waals surface area contributed by atoms with Crippen molar-refractivity contribution in [3.63, 3.8) is 0 Å². The van der Waals surface area contributed by atoms with Crippen LogP contribution < -0.4 is 5.56 Å². The van der Waals surface area contributed by atoms with Crippen LogP contribution in [0, 0.1) is 0 Å². The summed E-state index contributed by atoms with van der Waals surface area (Å²) in [6.07, 6.45) is 2.28. The molecule has 21 heavy (non-hydrogen) atoms. The number of hydrogen-bond acceptors (Lipinski definition) is 2. The lowest BCUT2D eigenvalue weighted by molar-refractivity contribution is -0.137. The Morgan fingerprint density at radius 1 is 1.24 bits per heavy atom. The molecular formula is C17H21NO3. The van der Waals surface area contributed by atoms with Gasteiger partial charge in [0.1, 0.15) is 0 Å². The number of carboxylic acids is 1. The number of pyridine rings is 1. The van der Waals surface area contributed by atoms with Crippen molar-refractivity contribution in [1.82, 2.24) is 4.57 Å². The number of benzene rings is 1. The Labute approximate surface area is 124 Å². The van der Waals surface area contributed by atoms with E-state index in [4.69, 9.17) is 5.11 Å². The molecule has 0 aliphatic rings. The molecule has 4 heteroatoms. The first-order chi connectivity index (χ1) is 9.79. The van der Waals surface area contributed by atoms with Gasteiger partial charge in [-0.15, -0.1) is 0 Å². The number of carbonyl (C=O) groups is 1. The summed E-state index contributed by atoms with van der Waals surface area (Å²) in [6, 6.07) is 7.84. The number of nitrogens with zero attached hydrogens (tertiary/aromatic N) is 1. The van der Waals surface area contributed by atoms with Crippen LogP contribution in [0.4, 0.5) is 0 Å². The van der Waals surface area contributed by atoms with Crippen molar-refractivity contribution < 1.29 is 9.90 Å². The van der Waals surface area contributed by atoms with E-state index >= 15 is 0 Å². The third-order valence-corrected chi connectivity index (χ3v) is 3.63. The van der Waals surface area contributed by atoms with Crippen LogP contribution in [0.2, 0.25) is 0 Å². The normalized spacial score (nSPS) is 11.8. The standard InChI is InChI=1S/C17H21NO3/c1-17(2,3)13-6-7-14-12(11-13)8-10-18(16(14)21)9-4-5-15(19)20/h6-8,10-11H,4-5,9H2,1-3H3,(H,19,20). The second-order valence-electron chi connectivity index (χ2n) is 6.36. The maximum Gasteiger partial charge on any atom is 0.303 e. The number of hydrogen-bond donors (Lipinski definition) is 1. The van der Waals surface area contributed by atoms with Gasteiger partial charge in [0.2, 0.25) is 0 Å². The first-order valence-electron chi connectivity index (χ1n) is 7.14. The van der Waals surface area contributed by atoms with E-state index in [1.54, 1.807) is 10.8 Å². The molecule has 4 nitrogen and oxygen atoms in total. The highest BCUT2D eigenvalue weighted by Gasteiger charge is 2.14. The molecule has 1 aromatic heterocycles. The van der Waals surface area contributed by atoms with Gasteiger partial charge in [0.25, 0.3) is 5.56 Å². The lowest BCUT2D eigenvalue weighted by Crippen LogP contribution is -2.20. The molecule has 0 radical (unpaired) electrons. The van der Waals surface area contributed by atoms with Gasteiger partial charge in [-0.3, -0.25) is 9.59 Å². The van der Waals surface area contributed by atoms with Gasteiger partial charge in [0, 0.05) is 24.5 Å². The molecule has 0 saturated carbocycles. The van der Waals surface area contributed by atoms with E-state index in [0.717, 1.165) is 5.39 Å². The van der Waals surface area contributed by atoms with Crippen molar-refractivity contribution in [3.8, 4) is 0 Å². The smallest absolute Gasteiger partial charge is 0.303 e. The minimum absolute atomic E-state index is 0.0462. The lowest BCUT2D eigenvalue weighted by Gasteiger charge is -2.19. The summed E-state index contributed by atoms with van der Waals surface area (Å²) in [6.45, 7) is 6.85. The van der Waals surface area contributed by atoms with Crippen LogP contribution in [-0.4, -0.2) is 15.6 Å². The monoisotopic (exact) mass is 287 g/mol. The predicted octanol–water partition coefficient (Wildman–Crippen LogP) is 3.16. The fraction of sp³-hybridized carbons (Fsp3) is 0.412. The van der Waals surface area contributed by atoms with Crippen LogP contribution in [0.15, 0.2) is 35.3 Å². The van der Waals surface area contributed by atoms with Crippen molar-refractivity contribution in [2.24, 2.45) is 0 Å². The van der Waals surface area contributed by atoms with Crippen molar-refractivity contribution in [3.05, 3.63) is 46.4 Å². The molecule has 1 aromatic carbocycles. The Hall–Kier alpha value is -2.10. The van der Waals surface area contributed by atoms with E-state index < -0.39 is 5.97 Å². The quantitative estimate of drug-likeness (QED) is 0.939. The summed E-state index contributed by atoms with van der Waals surface area (Å²) >= 11 is 0. The van der Waals surface area contributed by atoms with E-state index in [-0.39, 0.29) is 17.4 Å². The molecular weight excluding hydrogens is 266 g/mol. The summed E-state index contributed by atoms with van der Waals surface area (Å²) in [7, 11) is 0. The first kappa shape index (κ1) is 15.3. The van der Waals surface area contributed by atoms with Gasteiger partial charge in [-0.1, -0.05) is 32.9 Å². The Balaban J connectivity index is 2.35. The summed E-state index contributed by atoms with van der Waals surface area (Å²) in [5, 5.41) is 10.3. The molecule has 0 spiro atoms. The fourth-order valence-electron chi connectivity index (χ4n) is 2.33. The van der Waals surface area contributed by atoms with Gasteiger partial charge in [-0.05, 0) is 34.9 Å². The molecule has 0 atom stereocenters. The van der Waals surface area contributed by atoms with Crippen LogP contribution in [0.25, 0.3) is 10.8 Å². The molecule has 0 bridgehead atoms. The van der Waals surface area contributed by atoms with Crippen molar-refractivity contribution in [2.45, 2.75) is 45.6 Å². The number of aromatic nitrogens is 1. The number of aryl methyl sites for hydroxylation is 1. The van der Waals surface area contributed by atoms with E-state index in [0.29, 0.717) is 18.4 Å². The molecule has 112 valence electrons. The minimum Gasteiger partial charge on any atom is -0.481 e.